The van der Waals surface area contributed by atoms with Crippen molar-refractivity contribution in [3.05, 3.63) is 58.8 Å². The number of imidazole rings is 1. The molecule has 1 fully saturated rings. The first-order valence-electron chi connectivity index (χ1n) is 9.69. The Morgan fingerprint density at radius 3 is 2.64 bits per heavy atom. The summed E-state index contributed by atoms with van der Waals surface area (Å²) in [5, 5.41) is 0. The van der Waals surface area contributed by atoms with Crippen molar-refractivity contribution in [1.82, 2.24) is 14.5 Å². The van der Waals surface area contributed by atoms with Crippen LogP contribution in [-0.2, 0) is 11.3 Å². The third kappa shape index (κ3) is 3.84. The second kappa shape index (κ2) is 8.05. The normalized spacial score (nSPS) is 17.2. The maximum atomic E-state index is 12.7. The van der Waals surface area contributed by atoms with E-state index in [9.17, 15) is 4.79 Å². The number of anilines is 1. The zero-order chi connectivity index (χ0) is 19.7. The Kier molecular flexibility index (Phi) is 5.51. The van der Waals surface area contributed by atoms with E-state index in [1.54, 1.807) is 0 Å². The molecule has 0 bridgehead atoms. The van der Waals surface area contributed by atoms with Crippen LogP contribution >= 0.6 is 15.9 Å². The van der Waals surface area contributed by atoms with Crippen LogP contribution in [0.2, 0.25) is 0 Å². The maximum absolute atomic E-state index is 12.7. The average Bonchev–Trinajstić information content (AvgIpc) is 3.23. The van der Waals surface area contributed by atoms with Gasteiger partial charge in [0.25, 0.3) is 0 Å². The van der Waals surface area contributed by atoms with Crippen LogP contribution in [0, 0.1) is 0 Å². The zero-order valence-corrected chi connectivity index (χ0v) is 17.9. The summed E-state index contributed by atoms with van der Waals surface area (Å²) in [6.07, 6.45) is 1.56. The number of benzene rings is 2. The fraction of sp³-hybridized carbons (Fsp3) is 0.364. The van der Waals surface area contributed by atoms with Crippen molar-refractivity contribution in [3.63, 3.8) is 0 Å². The summed E-state index contributed by atoms with van der Waals surface area (Å²) < 4.78 is 3.34. The van der Waals surface area contributed by atoms with Gasteiger partial charge in [0.05, 0.1) is 11.0 Å². The number of halogens is 1. The van der Waals surface area contributed by atoms with Crippen LogP contribution < -0.4 is 4.90 Å². The lowest BCUT2D eigenvalue weighted by Gasteiger charge is -2.18. The molecule has 0 saturated carbocycles. The lowest BCUT2D eigenvalue weighted by molar-refractivity contribution is -0.117. The fourth-order valence-corrected chi connectivity index (χ4v) is 4.20. The minimum Gasteiger partial charge on any atom is -0.328 e. The lowest BCUT2D eigenvalue weighted by atomic mass is 10.1. The molecule has 3 aromatic rings. The Morgan fingerprint density at radius 2 is 1.89 bits per heavy atom. The molecule has 0 spiro atoms. The van der Waals surface area contributed by atoms with Crippen molar-refractivity contribution in [2.45, 2.75) is 25.3 Å². The Labute approximate surface area is 174 Å². The number of nitrogens with zero attached hydrogens (tertiary/aromatic N) is 4. The molecule has 2 aromatic carbocycles. The Morgan fingerprint density at radius 1 is 1.14 bits per heavy atom. The van der Waals surface area contributed by atoms with E-state index >= 15 is 0 Å². The molecule has 1 aliphatic heterocycles. The van der Waals surface area contributed by atoms with Crippen molar-refractivity contribution in [2.75, 3.05) is 32.1 Å². The summed E-state index contributed by atoms with van der Waals surface area (Å²) in [6.45, 7) is 2.62. The number of rotatable bonds is 6. The van der Waals surface area contributed by atoms with Gasteiger partial charge in [0, 0.05) is 35.6 Å². The minimum absolute atomic E-state index is 0.114. The van der Waals surface area contributed by atoms with E-state index < -0.39 is 0 Å². The summed E-state index contributed by atoms with van der Waals surface area (Å²) in [6, 6.07) is 16.2. The molecule has 1 atom stereocenters. The van der Waals surface area contributed by atoms with E-state index in [-0.39, 0.29) is 11.8 Å². The van der Waals surface area contributed by atoms with Gasteiger partial charge in [-0.2, -0.15) is 0 Å². The van der Waals surface area contributed by atoms with Gasteiger partial charge in [0.15, 0.2) is 0 Å². The third-order valence-electron chi connectivity index (χ3n) is 5.30. The van der Waals surface area contributed by atoms with Crippen LogP contribution in [0.25, 0.3) is 11.0 Å². The van der Waals surface area contributed by atoms with Crippen molar-refractivity contribution in [3.8, 4) is 0 Å². The molecular weight excluding hydrogens is 416 g/mol. The molecule has 0 unspecified atom stereocenters. The van der Waals surface area contributed by atoms with Gasteiger partial charge in [-0.15, -0.1) is 0 Å². The third-order valence-corrected chi connectivity index (χ3v) is 5.83. The molecule has 1 aromatic heterocycles. The molecule has 6 heteroatoms. The molecule has 5 nitrogen and oxygen atoms in total. The number of hydrogen-bond acceptors (Lipinski definition) is 3. The maximum Gasteiger partial charge on any atom is 0.227 e. The fourth-order valence-electron chi connectivity index (χ4n) is 3.94. The number of aromatic nitrogens is 2. The number of carbonyl (C=O) groups excluding carboxylic acids is 1. The van der Waals surface area contributed by atoms with Gasteiger partial charge in [-0.1, -0.05) is 28.1 Å². The molecule has 146 valence electrons. The first-order chi connectivity index (χ1) is 13.5. The molecule has 1 aliphatic rings. The van der Waals surface area contributed by atoms with E-state index in [2.05, 4.69) is 57.7 Å². The quantitative estimate of drug-likeness (QED) is 0.574. The van der Waals surface area contributed by atoms with Gasteiger partial charge in [-0.25, -0.2) is 4.98 Å². The Hall–Kier alpha value is -2.18. The van der Waals surface area contributed by atoms with Gasteiger partial charge in [0.1, 0.15) is 5.82 Å². The van der Waals surface area contributed by atoms with Crippen molar-refractivity contribution < 1.29 is 4.79 Å². The number of hydrogen-bond donors (Lipinski definition) is 0. The number of fused-ring (bicyclic) bond motifs is 1. The molecule has 0 radical (unpaired) electrons. The van der Waals surface area contributed by atoms with Crippen LogP contribution in [-0.4, -0.2) is 47.5 Å². The lowest BCUT2D eigenvalue weighted by Crippen LogP contribution is -2.24. The molecule has 0 aliphatic carbocycles. The summed E-state index contributed by atoms with van der Waals surface area (Å²) in [5.41, 5.74) is 3.12. The largest absolute Gasteiger partial charge is 0.328 e. The highest BCUT2D eigenvalue weighted by molar-refractivity contribution is 9.10. The molecular formula is C22H25BrN4O. The first-order valence-corrected chi connectivity index (χ1v) is 10.5. The van der Waals surface area contributed by atoms with Crippen LogP contribution in [0.1, 0.15) is 24.6 Å². The average molecular weight is 441 g/mol. The van der Waals surface area contributed by atoms with Crippen molar-refractivity contribution in [1.29, 1.82) is 0 Å². The molecule has 1 amide bonds. The van der Waals surface area contributed by atoms with Gasteiger partial charge in [0.2, 0.25) is 5.91 Å². The van der Waals surface area contributed by atoms with E-state index in [0.717, 1.165) is 46.5 Å². The van der Waals surface area contributed by atoms with E-state index in [1.165, 1.54) is 0 Å². The van der Waals surface area contributed by atoms with Gasteiger partial charge >= 0.3 is 0 Å². The predicted molar refractivity (Wildman–Crippen MR) is 117 cm³/mol. The van der Waals surface area contributed by atoms with E-state index in [0.29, 0.717) is 13.0 Å². The minimum atomic E-state index is 0.114. The topological polar surface area (TPSA) is 41.4 Å². The summed E-state index contributed by atoms with van der Waals surface area (Å²) in [4.78, 5) is 21.8. The first kappa shape index (κ1) is 19.2. The van der Waals surface area contributed by atoms with Gasteiger partial charge in [-0.05, 0) is 63.5 Å². The highest BCUT2D eigenvalue weighted by Gasteiger charge is 2.34. The van der Waals surface area contributed by atoms with Crippen LogP contribution in [0.3, 0.4) is 0 Å². The van der Waals surface area contributed by atoms with Crippen molar-refractivity contribution in [2.24, 2.45) is 0 Å². The van der Waals surface area contributed by atoms with Gasteiger partial charge < -0.3 is 14.4 Å². The summed E-state index contributed by atoms with van der Waals surface area (Å²) in [7, 11) is 4.19. The van der Waals surface area contributed by atoms with Crippen LogP contribution in [0.4, 0.5) is 5.69 Å². The number of carbonyl (C=O) groups is 1. The number of para-hydroxylation sites is 2. The second-order valence-electron chi connectivity index (χ2n) is 7.65. The molecule has 28 heavy (non-hydrogen) atoms. The SMILES string of the molecule is CN(C)CCCn1c([C@H]2CC(=O)N(c3ccc(Br)cc3)C2)nc2ccccc21. The van der Waals surface area contributed by atoms with Crippen LogP contribution in [0.15, 0.2) is 53.0 Å². The van der Waals surface area contributed by atoms with Crippen molar-refractivity contribution >= 4 is 38.6 Å². The highest BCUT2D eigenvalue weighted by Crippen LogP contribution is 2.33. The number of aryl methyl sites for hydroxylation is 1. The van der Waals surface area contributed by atoms with Crippen LogP contribution in [0.5, 0.6) is 0 Å². The van der Waals surface area contributed by atoms with E-state index in [1.807, 2.05) is 35.2 Å². The highest BCUT2D eigenvalue weighted by atomic mass is 79.9. The molecule has 1 saturated heterocycles. The standard InChI is InChI=1S/C22H25BrN4O/c1-25(2)12-5-13-26-20-7-4-3-6-19(20)24-22(26)16-14-21(28)27(15-16)18-10-8-17(23)9-11-18/h3-4,6-11,16H,5,12-15H2,1-2H3/t16-/m0/s1. The molecule has 0 N–H and O–H groups in total. The zero-order valence-electron chi connectivity index (χ0n) is 16.3. The van der Waals surface area contributed by atoms with Gasteiger partial charge in [-0.3, -0.25) is 4.79 Å². The predicted octanol–water partition coefficient (Wildman–Crippen LogP) is 4.27. The summed E-state index contributed by atoms with van der Waals surface area (Å²) >= 11 is 3.46. The second-order valence-corrected chi connectivity index (χ2v) is 8.56. The molecule has 2 heterocycles. The number of amides is 1. The monoisotopic (exact) mass is 440 g/mol. The molecule has 4 rings (SSSR count). The summed E-state index contributed by atoms with van der Waals surface area (Å²) in [5.74, 6) is 1.31. The Balaban J connectivity index is 1.63. The van der Waals surface area contributed by atoms with E-state index in [4.69, 9.17) is 4.98 Å². The smallest absolute Gasteiger partial charge is 0.227 e. The Bertz CT molecular complexity index is 980.